The van der Waals surface area contributed by atoms with Crippen LogP contribution in [0.3, 0.4) is 0 Å². The zero-order valence-corrected chi connectivity index (χ0v) is 30.3. The number of hydrogen-bond acceptors (Lipinski definition) is 9. The molecule has 0 aromatic rings. The van der Waals surface area contributed by atoms with E-state index in [0.717, 1.165) is 65.0 Å². The molecule has 4 saturated heterocycles. The first-order valence-electron chi connectivity index (χ1n) is 17.0. The molecule has 12 heteroatoms. The Morgan fingerprint density at radius 2 is 1.07 bits per heavy atom. The van der Waals surface area contributed by atoms with Gasteiger partial charge in [-0.3, -0.25) is 9.59 Å². The smallest absolute Gasteiger partial charge is 0.410 e. The van der Waals surface area contributed by atoms with Gasteiger partial charge in [0.1, 0.15) is 5.60 Å². The minimum absolute atomic E-state index is 0. The van der Waals surface area contributed by atoms with Crippen molar-refractivity contribution >= 4 is 42.8 Å². The zero-order chi connectivity index (χ0) is 31.3. The number of esters is 2. The largest absolute Gasteiger partial charge is 0.466 e. The van der Waals surface area contributed by atoms with Crippen molar-refractivity contribution in [3.63, 3.8) is 0 Å². The molecule has 0 unspecified atom stereocenters. The predicted molar refractivity (Wildman–Crippen MR) is 182 cm³/mol. The highest BCUT2D eigenvalue weighted by Gasteiger charge is 2.44. The van der Waals surface area contributed by atoms with E-state index in [1.165, 1.54) is 38.8 Å². The van der Waals surface area contributed by atoms with E-state index in [1.54, 1.807) is 4.90 Å². The Morgan fingerprint density at radius 3 is 1.44 bits per heavy atom. The summed E-state index contributed by atoms with van der Waals surface area (Å²) in [6.45, 7) is 19.9. The molecule has 4 rings (SSSR count). The van der Waals surface area contributed by atoms with Crippen LogP contribution in [0.2, 0.25) is 0 Å². The number of amides is 1. The Hall–Kier alpha value is -1.33. The highest BCUT2D eigenvalue weighted by atomic mass is 35.5. The molecular formula is C33H62Cl2N4O6. The third-order valence-electron chi connectivity index (χ3n) is 9.56. The van der Waals surface area contributed by atoms with Gasteiger partial charge in [0.05, 0.1) is 24.0 Å². The van der Waals surface area contributed by atoms with Gasteiger partial charge < -0.3 is 34.2 Å². The molecule has 0 bridgehead atoms. The van der Waals surface area contributed by atoms with E-state index in [1.807, 2.05) is 34.6 Å². The molecule has 0 aromatic heterocycles. The van der Waals surface area contributed by atoms with Gasteiger partial charge in [-0.05, 0) is 151 Å². The van der Waals surface area contributed by atoms with Crippen LogP contribution in [0.4, 0.5) is 4.79 Å². The number of hydrogen-bond donors (Lipinski definition) is 1. The van der Waals surface area contributed by atoms with Gasteiger partial charge in [0.2, 0.25) is 0 Å². The summed E-state index contributed by atoms with van der Waals surface area (Å²) in [5.74, 6) is -0.0660. The lowest BCUT2D eigenvalue weighted by Crippen LogP contribution is -2.49. The molecule has 1 N–H and O–H groups in total. The SMILES string of the molecule is CCOC(=O)C1(CCN2CCCC2)CCN(C(=O)OC(C)(C)C)CC1.CCOC(=O)C1(CCN2CCCC2)CCNCC1.Cl.Cl. The second-order valence-electron chi connectivity index (χ2n) is 13.8. The lowest BCUT2D eigenvalue weighted by atomic mass is 9.75. The van der Waals surface area contributed by atoms with E-state index in [9.17, 15) is 14.4 Å². The van der Waals surface area contributed by atoms with Gasteiger partial charge in [0.15, 0.2) is 0 Å². The lowest BCUT2D eigenvalue weighted by molar-refractivity contribution is -0.159. The molecule has 0 radical (unpaired) electrons. The number of likely N-dealkylation sites (tertiary alicyclic amines) is 3. The normalized spacial score (nSPS) is 21.4. The molecule has 0 spiro atoms. The zero-order valence-electron chi connectivity index (χ0n) is 28.7. The van der Waals surface area contributed by atoms with E-state index < -0.39 is 11.0 Å². The van der Waals surface area contributed by atoms with E-state index in [0.29, 0.717) is 39.1 Å². The van der Waals surface area contributed by atoms with Crippen LogP contribution < -0.4 is 5.32 Å². The maximum atomic E-state index is 12.7. The van der Waals surface area contributed by atoms with Gasteiger partial charge in [-0.2, -0.15) is 0 Å². The average Bonchev–Trinajstić information content (AvgIpc) is 3.70. The summed E-state index contributed by atoms with van der Waals surface area (Å²) >= 11 is 0. The molecule has 4 aliphatic rings. The minimum Gasteiger partial charge on any atom is -0.466 e. The highest BCUT2D eigenvalue weighted by molar-refractivity contribution is 5.85. The van der Waals surface area contributed by atoms with Crippen LogP contribution in [0.1, 0.15) is 98.8 Å². The third-order valence-corrected chi connectivity index (χ3v) is 9.56. The van der Waals surface area contributed by atoms with Gasteiger partial charge in [0, 0.05) is 13.1 Å². The number of nitrogens with one attached hydrogen (secondary N) is 1. The topological polar surface area (TPSA) is 101 Å². The van der Waals surface area contributed by atoms with Crippen LogP contribution in [-0.4, -0.2) is 117 Å². The highest BCUT2D eigenvalue weighted by Crippen LogP contribution is 2.38. The molecule has 4 heterocycles. The molecule has 45 heavy (non-hydrogen) atoms. The van der Waals surface area contributed by atoms with E-state index in [2.05, 4.69) is 15.1 Å². The van der Waals surface area contributed by atoms with Gasteiger partial charge in [-0.1, -0.05) is 0 Å². The summed E-state index contributed by atoms with van der Waals surface area (Å²) in [6, 6.07) is 0. The molecule has 10 nitrogen and oxygen atoms in total. The fourth-order valence-corrected chi connectivity index (χ4v) is 6.79. The number of carbonyl (C=O) groups is 3. The van der Waals surface area contributed by atoms with Crippen molar-refractivity contribution in [3.05, 3.63) is 0 Å². The Labute approximate surface area is 284 Å². The van der Waals surface area contributed by atoms with E-state index >= 15 is 0 Å². The van der Waals surface area contributed by atoms with Crippen molar-refractivity contribution in [2.45, 2.75) is 104 Å². The second kappa shape index (κ2) is 20.1. The standard InChI is InChI=1S/C19H34N2O4.C14H26N2O2.2ClH/c1-5-24-16(22)19(8-13-20-11-6-7-12-20)9-14-21(15-10-19)17(23)25-18(2,3)4;1-2-18-13(17)14(5-8-15-9-6-14)7-12-16-10-3-4-11-16;;/h5-15H2,1-4H3;15H,2-12H2,1H3;2*1H. The number of halogens is 2. The first-order valence-corrected chi connectivity index (χ1v) is 17.0. The number of carbonyl (C=O) groups excluding carboxylic acids is 3. The van der Waals surface area contributed by atoms with Crippen molar-refractivity contribution in [1.82, 2.24) is 20.0 Å². The summed E-state index contributed by atoms with van der Waals surface area (Å²) in [5.41, 5.74) is -1.18. The molecule has 0 aromatic carbocycles. The quantitative estimate of drug-likeness (QED) is 0.243. The Bertz CT molecular complexity index is 877. The van der Waals surface area contributed by atoms with Crippen molar-refractivity contribution in [3.8, 4) is 0 Å². The van der Waals surface area contributed by atoms with Gasteiger partial charge in [-0.25, -0.2) is 4.79 Å². The minimum atomic E-state index is -0.498. The maximum absolute atomic E-state index is 12.7. The second-order valence-corrected chi connectivity index (χ2v) is 13.8. The van der Waals surface area contributed by atoms with Crippen molar-refractivity contribution in [2.24, 2.45) is 10.8 Å². The number of nitrogens with zero attached hydrogens (tertiary/aromatic N) is 3. The third kappa shape index (κ3) is 13.0. The fourth-order valence-electron chi connectivity index (χ4n) is 6.79. The van der Waals surface area contributed by atoms with Crippen molar-refractivity contribution in [2.75, 3.05) is 78.7 Å². The van der Waals surface area contributed by atoms with E-state index in [-0.39, 0.29) is 48.3 Å². The molecule has 0 aliphatic carbocycles. The number of rotatable bonds is 10. The lowest BCUT2D eigenvalue weighted by Gasteiger charge is -2.40. The van der Waals surface area contributed by atoms with E-state index in [4.69, 9.17) is 14.2 Å². The summed E-state index contributed by atoms with van der Waals surface area (Å²) in [6.07, 6.45) is 9.78. The fraction of sp³-hybridized carbons (Fsp3) is 0.909. The first-order chi connectivity index (χ1) is 20.5. The summed E-state index contributed by atoms with van der Waals surface area (Å²) in [5, 5.41) is 3.34. The molecule has 0 saturated carbocycles. The van der Waals surface area contributed by atoms with Crippen LogP contribution in [0.25, 0.3) is 0 Å². The van der Waals surface area contributed by atoms with Gasteiger partial charge in [-0.15, -0.1) is 24.8 Å². The Morgan fingerprint density at radius 1 is 0.667 bits per heavy atom. The summed E-state index contributed by atoms with van der Waals surface area (Å²) in [4.78, 5) is 43.8. The van der Waals surface area contributed by atoms with Gasteiger partial charge in [0.25, 0.3) is 0 Å². The Balaban J connectivity index is 0.000000451. The number of piperidine rings is 2. The van der Waals surface area contributed by atoms with Crippen LogP contribution in [0.5, 0.6) is 0 Å². The molecule has 0 atom stereocenters. The van der Waals surface area contributed by atoms with Gasteiger partial charge >= 0.3 is 18.0 Å². The molecule has 4 fully saturated rings. The van der Waals surface area contributed by atoms with Crippen LogP contribution >= 0.6 is 24.8 Å². The predicted octanol–water partition coefficient (Wildman–Crippen LogP) is 5.30. The molecule has 1 amide bonds. The summed E-state index contributed by atoms with van der Waals surface area (Å²) in [7, 11) is 0. The molecular weight excluding hydrogens is 619 g/mol. The first kappa shape index (κ1) is 41.7. The number of ether oxygens (including phenoxy) is 3. The summed E-state index contributed by atoms with van der Waals surface area (Å²) < 4.78 is 16.2. The monoisotopic (exact) mass is 680 g/mol. The molecule has 264 valence electrons. The van der Waals surface area contributed by atoms with Crippen LogP contribution in [0.15, 0.2) is 0 Å². The Kier molecular flexibility index (Phi) is 18.6. The van der Waals surface area contributed by atoms with Crippen molar-refractivity contribution < 1.29 is 28.6 Å². The molecule has 4 aliphatic heterocycles. The van der Waals surface area contributed by atoms with Crippen LogP contribution in [-0.2, 0) is 23.8 Å². The van der Waals surface area contributed by atoms with Crippen LogP contribution in [0, 0.1) is 10.8 Å². The van der Waals surface area contributed by atoms with Crippen molar-refractivity contribution in [1.29, 1.82) is 0 Å². The maximum Gasteiger partial charge on any atom is 0.410 e. The average molecular weight is 682 g/mol.